The molecule has 4 rings (SSSR count). The summed E-state index contributed by atoms with van der Waals surface area (Å²) in [5.74, 6) is 0.532. The Bertz CT molecular complexity index is 1070. The Morgan fingerprint density at radius 3 is 2.70 bits per heavy atom. The van der Waals surface area contributed by atoms with Crippen LogP contribution >= 0.6 is 11.3 Å². The number of aromatic carboxylic acids is 1. The van der Waals surface area contributed by atoms with Gasteiger partial charge in [0, 0.05) is 17.1 Å². The fraction of sp³-hybridized carbons (Fsp3) is 0.0500. The molecule has 134 valence electrons. The topological polar surface area (TPSA) is 77.2 Å². The lowest BCUT2D eigenvalue weighted by Crippen LogP contribution is -2.00. The average Bonchev–Trinajstić information content (AvgIpc) is 3.33. The quantitative estimate of drug-likeness (QED) is 0.534. The van der Waals surface area contributed by atoms with Gasteiger partial charge in [0.05, 0.1) is 24.0 Å². The number of nitrogens with zero attached hydrogens (tertiary/aromatic N) is 3. The number of para-hydroxylation sites is 1. The zero-order valence-corrected chi connectivity index (χ0v) is 15.0. The molecule has 1 N–H and O–H groups in total. The number of carbonyl (C=O) groups is 1. The minimum absolute atomic E-state index is 0.164. The summed E-state index contributed by atoms with van der Waals surface area (Å²) in [6.07, 6.45) is 2.83. The monoisotopic (exact) mass is 377 g/mol. The van der Waals surface area contributed by atoms with Gasteiger partial charge in [-0.25, -0.2) is 9.78 Å². The van der Waals surface area contributed by atoms with Crippen LogP contribution in [0.4, 0.5) is 0 Å². The first kappa shape index (κ1) is 17.0. The van der Waals surface area contributed by atoms with Gasteiger partial charge in [-0.05, 0) is 24.3 Å². The van der Waals surface area contributed by atoms with E-state index < -0.39 is 5.97 Å². The number of ether oxygens (including phenoxy) is 1. The highest BCUT2D eigenvalue weighted by Crippen LogP contribution is 2.28. The van der Waals surface area contributed by atoms with Gasteiger partial charge >= 0.3 is 5.97 Å². The molecule has 0 fully saturated rings. The summed E-state index contributed by atoms with van der Waals surface area (Å²) in [6, 6.07) is 17.4. The van der Waals surface area contributed by atoms with Gasteiger partial charge in [-0.3, -0.25) is 4.68 Å². The molecular weight excluding hydrogens is 362 g/mol. The summed E-state index contributed by atoms with van der Waals surface area (Å²) < 4.78 is 7.44. The number of hydrogen-bond donors (Lipinski definition) is 1. The van der Waals surface area contributed by atoms with E-state index in [-0.39, 0.29) is 5.56 Å². The first-order valence-electron chi connectivity index (χ1n) is 8.21. The Labute approximate surface area is 159 Å². The summed E-state index contributed by atoms with van der Waals surface area (Å²) in [7, 11) is 0. The fourth-order valence-corrected chi connectivity index (χ4v) is 3.35. The van der Waals surface area contributed by atoms with Gasteiger partial charge in [0.15, 0.2) is 0 Å². The molecule has 0 bridgehead atoms. The summed E-state index contributed by atoms with van der Waals surface area (Å²) >= 11 is 1.51. The molecule has 0 atom stereocenters. The van der Waals surface area contributed by atoms with E-state index in [1.54, 1.807) is 4.68 Å². The number of carboxylic acids is 1. The van der Waals surface area contributed by atoms with Crippen molar-refractivity contribution in [2.24, 2.45) is 0 Å². The van der Waals surface area contributed by atoms with Crippen LogP contribution < -0.4 is 4.74 Å². The standard InChI is InChI=1S/C20H15N3O3S/c24-20(25)15-10-21-23(11-15)12-19-22-18(13-27-19)14-5-4-8-17(9-14)26-16-6-2-1-3-7-16/h1-11,13H,12H2,(H,24,25). The van der Waals surface area contributed by atoms with Crippen LogP contribution in [0.25, 0.3) is 11.3 Å². The zero-order chi connectivity index (χ0) is 18.6. The molecule has 0 saturated heterocycles. The summed E-state index contributed by atoms with van der Waals surface area (Å²) in [4.78, 5) is 15.6. The van der Waals surface area contributed by atoms with Crippen molar-refractivity contribution in [2.75, 3.05) is 0 Å². The SMILES string of the molecule is O=C(O)c1cnn(Cc2nc(-c3cccc(Oc4ccccc4)c3)cs2)c1. The normalized spacial score (nSPS) is 10.7. The predicted molar refractivity (Wildman–Crippen MR) is 102 cm³/mol. The van der Waals surface area contributed by atoms with Crippen LogP contribution in [0.15, 0.2) is 72.4 Å². The number of benzene rings is 2. The third-order valence-electron chi connectivity index (χ3n) is 3.84. The molecule has 0 saturated carbocycles. The smallest absolute Gasteiger partial charge is 0.338 e. The van der Waals surface area contributed by atoms with E-state index in [2.05, 4.69) is 10.1 Å². The number of thiazole rings is 1. The molecule has 0 radical (unpaired) electrons. The molecular formula is C20H15N3O3S. The van der Waals surface area contributed by atoms with E-state index in [9.17, 15) is 4.79 Å². The Balaban J connectivity index is 1.51. The Morgan fingerprint density at radius 2 is 1.93 bits per heavy atom. The van der Waals surface area contributed by atoms with Gasteiger partial charge in [0.25, 0.3) is 0 Å². The van der Waals surface area contributed by atoms with E-state index >= 15 is 0 Å². The van der Waals surface area contributed by atoms with Crippen LogP contribution in [0, 0.1) is 0 Å². The van der Waals surface area contributed by atoms with Crippen molar-refractivity contribution >= 4 is 17.3 Å². The highest BCUT2D eigenvalue weighted by molar-refractivity contribution is 7.09. The van der Waals surface area contributed by atoms with Crippen molar-refractivity contribution in [3.05, 3.63) is 82.9 Å². The van der Waals surface area contributed by atoms with E-state index in [4.69, 9.17) is 9.84 Å². The predicted octanol–water partition coefficient (Wildman–Crippen LogP) is 4.55. The summed E-state index contributed by atoms with van der Waals surface area (Å²) in [5, 5.41) is 15.8. The molecule has 4 aromatic rings. The maximum Gasteiger partial charge on any atom is 0.338 e. The summed E-state index contributed by atoms with van der Waals surface area (Å²) in [6.45, 7) is 0.429. The molecule has 2 heterocycles. The summed E-state index contributed by atoms with van der Waals surface area (Å²) in [5.41, 5.74) is 1.97. The number of hydrogen-bond acceptors (Lipinski definition) is 5. The number of aromatic nitrogens is 3. The highest BCUT2D eigenvalue weighted by atomic mass is 32.1. The minimum atomic E-state index is -0.990. The molecule has 0 unspecified atom stereocenters. The molecule has 7 heteroatoms. The lowest BCUT2D eigenvalue weighted by Gasteiger charge is -2.06. The van der Waals surface area contributed by atoms with Gasteiger partial charge in [-0.1, -0.05) is 30.3 Å². The van der Waals surface area contributed by atoms with Crippen LogP contribution in [-0.4, -0.2) is 25.8 Å². The lowest BCUT2D eigenvalue weighted by molar-refractivity contribution is 0.0696. The molecule has 0 aliphatic heterocycles. The largest absolute Gasteiger partial charge is 0.478 e. The number of carboxylic acid groups (broad SMARTS) is 1. The van der Waals surface area contributed by atoms with Crippen molar-refractivity contribution in [1.82, 2.24) is 14.8 Å². The van der Waals surface area contributed by atoms with Crippen molar-refractivity contribution in [3.63, 3.8) is 0 Å². The maximum atomic E-state index is 10.9. The highest BCUT2D eigenvalue weighted by Gasteiger charge is 2.10. The third-order valence-corrected chi connectivity index (χ3v) is 4.67. The van der Waals surface area contributed by atoms with E-state index in [0.29, 0.717) is 6.54 Å². The second kappa shape index (κ2) is 7.43. The molecule has 0 aliphatic rings. The van der Waals surface area contributed by atoms with Crippen LogP contribution in [0.1, 0.15) is 15.4 Å². The van der Waals surface area contributed by atoms with Crippen molar-refractivity contribution in [2.45, 2.75) is 6.54 Å². The van der Waals surface area contributed by atoms with Crippen molar-refractivity contribution in [1.29, 1.82) is 0 Å². The van der Waals surface area contributed by atoms with Crippen LogP contribution in [-0.2, 0) is 6.54 Å². The molecule has 2 aromatic heterocycles. The van der Waals surface area contributed by atoms with Gasteiger partial charge in [-0.15, -0.1) is 11.3 Å². The van der Waals surface area contributed by atoms with Crippen molar-refractivity contribution < 1.29 is 14.6 Å². The molecule has 0 amide bonds. The van der Waals surface area contributed by atoms with E-state index in [1.807, 2.05) is 60.0 Å². The fourth-order valence-electron chi connectivity index (χ4n) is 2.56. The molecule has 0 spiro atoms. The Hall–Kier alpha value is -3.45. The van der Waals surface area contributed by atoms with Crippen LogP contribution in [0.2, 0.25) is 0 Å². The first-order valence-corrected chi connectivity index (χ1v) is 9.09. The zero-order valence-electron chi connectivity index (χ0n) is 14.1. The van der Waals surface area contributed by atoms with Crippen LogP contribution in [0.5, 0.6) is 11.5 Å². The second-order valence-electron chi connectivity index (χ2n) is 5.80. The minimum Gasteiger partial charge on any atom is -0.478 e. The molecule has 6 nitrogen and oxygen atoms in total. The van der Waals surface area contributed by atoms with E-state index in [0.717, 1.165) is 27.8 Å². The maximum absolute atomic E-state index is 10.9. The second-order valence-corrected chi connectivity index (χ2v) is 6.74. The molecule has 2 aromatic carbocycles. The third kappa shape index (κ3) is 4.04. The van der Waals surface area contributed by atoms with Gasteiger partial charge in [0.2, 0.25) is 0 Å². The Morgan fingerprint density at radius 1 is 1.11 bits per heavy atom. The van der Waals surface area contributed by atoms with Gasteiger partial charge in [-0.2, -0.15) is 5.10 Å². The number of rotatable bonds is 6. The van der Waals surface area contributed by atoms with Crippen molar-refractivity contribution in [3.8, 4) is 22.8 Å². The van der Waals surface area contributed by atoms with Gasteiger partial charge in [0.1, 0.15) is 16.5 Å². The van der Waals surface area contributed by atoms with Crippen LogP contribution in [0.3, 0.4) is 0 Å². The Kier molecular flexibility index (Phi) is 4.67. The lowest BCUT2D eigenvalue weighted by atomic mass is 10.1. The average molecular weight is 377 g/mol. The molecule has 27 heavy (non-hydrogen) atoms. The first-order chi connectivity index (χ1) is 13.2. The molecule has 0 aliphatic carbocycles. The van der Waals surface area contributed by atoms with Gasteiger partial charge < -0.3 is 9.84 Å². The van der Waals surface area contributed by atoms with E-state index in [1.165, 1.54) is 23.7 Å².